The second-order valence-electron chi connectivity index (χ2n) is 7.25. The summed E-state index contributed by atoms with van der Waals surface area (Å²) in [6, 6.07) is 22.7. The van der Waals surface area contributed by atoms with Crippen molar-refractivity contribution >= 4 is 44.0 Å². The van der Waals surface area contributed by atoms with Crippen LogP contribution in [-0.4, -0.2) is 23.8 Å². The Morgan fingerprint density at radius 3 is 2.47 bits per heavy atom. The molecule has 4 rings (SSSR count). The molecule has 34 heavy (non-hydrogen) atoms. The molecule has 0 atom stereocenters. The molecule has 0 saturated heterocycles. The standard InChI is InChI=1S/C26H21Br2N3O3/c1-33-24-14-19(22(28)15-25(24)34-17-18-8-10-20(27)11-9-18)16-29-30-26(32)21-6-2-3-7-23(21)31-12-4-5-13-31/h2-16H,17H2,1H3,(H,30,32)/b29-16+. The van der Waals surface area contributed by atoms with E-state index in [1.54, 1.807) is 25.5 Å². The van der Waals surface area contributed by atoms with Crippen molar-refractivity contribution in [2.45, 2.75) is 6.61 Å². The monoisotopic (exact) mass is 581 g/mol. The number of nitrogens with one attached hydrogen (secondary N) is 1. The number of ether oxygens (including phenoxy) is 2. The summed E-state index contributed by atoms with van der Waals surface area (Å²) < 4.78 is 15.1. The summed E-state index contributed by atoms with van der Waals surface area (Å²) in [6.45, 7) is 0.403. The van der Waals surface area contributed by atoms with Gasteiger partial charge in [0.25, 0.3) is 5.91 Å². The number of carbonyl (C=O) groups is 1. The van der Waals surface area contributed by atoms with Gasteiger partial charge in [0.1, 0.15) is 6.61 Å². The molecule has 4 aromatic rings. The number of halogens is 2. The molecule has 0 aliphatic carbocycles. The lowest BCUT2D eigenvalue weighted by molar-refractivity contribution is 0.0955. The van der Waals surface area contributed by atoms with Gasteiger partial charge in [0.2, 0.25) is 0 Å². The van der Waals surface area contributed by atoms with Crippen LogP contribution in [0.15, 0.2) is 99.2 Å². The number of hydrazone groups is 1. The van der Waals surface area contributed by atoms with Gasteiger partial charge in [-0.1, -0.05) is 40.2 Å². The van der Waals surface area contributed by atoms with Crippen LogP contribution in [0.1, 0.15) is 21.5 Å². The van der Waals surface area contributed by atoms with Crippen LogP contribution in [0.4, 0.5) is 0 Å². The summed E-state index contributed by atoms with van der Waals surface area (Å²) >= 11 is 6.98. The molecule has 0 saturated carbocycles. The van der Waals surface area contributed by atoms with Gasteiger partial charge in [-0.05, 0) is 70.0 Å². The zero-order chi connectivity index (χ0) is 23.9. The van der Waals surface area contributed by atoms with Crippen molar-refractivity contribution in [1.29, 1.82) is 0 Å². The first-order valence-corrected chi connectivity index (χ1v) is 11.9. The normalized spacial score (nSPS) is 10.9. The molecule has 1 aromatic heterocycles. The first kappa shape index (κ1) is 23.8. The molecule has 0 fully saturated rings. The lowest BCUT2D eigenvalue weighted by atomic mass is 10.1. The number of aromatic nitrogens is 1. The van der Waals surface area contributed by atoms with Gasteiger partial charge in [0.05, 0.1) is 24.6 Å². The quantitative estimate of drug-likeness (QED) is 0.194. The number of amides is 1. The predicted molar refractivity (Wildman–Crippen MR) is 140 cm³/mol. The summed E-state index contributed by atoms with van der Waals surface area (Å²) in [5.74, 6) is 0.850. The van der Waals surface area contributed by atoms with Gasteiger partial charge >= 0.3 is 0 Å². The van der Waals surface area contributed by atoms with Crippen LogP contribution in [0, 0.1) is 0 Å². The van der Waals surface area contributed by atoms with Crippen LogP contribution in [-0.2, 0) is 6.61 Å². The van der Waals surface area contributed by atoms with Crippen LogP contribution in [0.2, 0.25) is 0 Å². The molecule has 0 aliphatic rings. The first-order valence-electron chi connectivity index (χ1n) is 10.4. The molecular weight excluding hydrogens is 562 g/mol. The Kier molecular flexibility index (Phi) is 7.82. The summed E-state index contributed by atoms with van der Waals surface area (Å²) in [6.07, 6.45) is 5.33. The van der Waals surface area contributed by atoms with E-state index in [1.807, 2.05) is 77.6 Å². The molecule has 0 unspecified atom stereocenters. The average molecular weight is 583 g/mol. The number of carbonyl (C=O) groups excluding carboxylic acids is 1. The fourth-order valence-corrected chi connectivity index (χ4v) is 3.96. The van der Waals surface area contributed by atoms with Gasteiger partial charge < -0.3 is 14.0 Å². The molecule has 0 radical (unpaired) electrons. The highest BCUT2D eigenvalue weighted by atomic mass is 79.9. The highest BCUT2D eigenvalue weighted by Gasteiger charge is 2.12. The third-order valence-corrected chi connectivity index (χ3v) is 6.21. The van der Waals surface area contributed by atoms with Gasteiger partial charge in [-0.3, -0.25) is 4.79 Å². The van der Waals surface area contributed by atoms with Crippen molar-refractivity contribution in [2.75, 3.05) is 7.11 Å². The second kappa shape index (κ2) is 11.2. The second-order valence-corrected chi connectivity index (χ2v) is 9.02. The van der Waals surface area contributed by atoms with E-state index in [0.717, 1.165) is 25.8 Å². The smallest absolute Gasteiger partial charge is 0.273 e. The van der Waals surface area contributed by atoms with Crippen LogP contribution < -0.4 is 14.9 Å². The van der Waals surface area contributed by atoms with E-state index in [4.69, 9.17) is 9.47 Å². The minimum atomic E-state index is -0.307. The number of methoxy groups -OCH3 is 1. The molecular formula is C26H21Br2N3O3. The number of benzene rings is 3. The van der Waals surface area contributed by atoms with Crippen molar-refractivity contribution in [2.24, 2.45) is 5.10 Å². The lowest BCUT2D eigenvalue weighted by Gasteiger charge is -2.13. The Bertz CT molecular complexity index is 1300. The van der Waals surface area contributed by atoms with Crippen LogP contribution in [0.3, 0.4) is 0 Å². The van der Waals surface area contributed by atoms with Gasteiger partial charge in [-0.2, -0.15) is 5.10 Å². The van der Waals surface area contributed by atoms with E-state index in [0.29, 0.717) is 23.7 Å². The number of hydrogen-bond acceptors (Lipinski definition) is 4. The third-order valence-electron chi connectivity index (χ3n) is 4.99. The maximum absolute atomic E-state index is 12.8. The van der Waals surface area contributed by atoms with Crippen LogP contribution >= 0.6 is 31.9 Å². The summed E-state index contributed by atoms with van der Waals surface area (Å²) in [5.41, 5.74) is 5.66. The SMILES string of the molecule is COc1cc(/C=N/NC(=O)c2ccccc2-n2cccc2)c(Br)cc1OCc1ccc(Br)cc1. The molecule has 172 valence electrons. The highest BCUT2D eigenvalue weighted by Crippen LogP contribution is 2.33. The Hall–Kier alpha value is -3.36. The van der Waals surface area contributed by atoms with Crippen LogP contribution in [0.25, 0.3) is 5.69 Å². The molecule has 3 aromatic carbocycles. The topological polar surface area (TPSA) is 64.8 Å². The lowest BCUT2D eigenvalue weighted by Crippen LogP contribution is -2.19. The summed E-state index contributed by atoms with van der Waals surface area (Å²) in [5, 5.41) is 4.14. The number of rotatable bonds is 8. The van der Waals surface area contributed by atoms with Crippen molar-refractivity contribution in [3.8, 4) is 17.2 Å². The van der Waals surface area contributed by atoms with E-state index < -0.39 is 0 Å². The van der Waals surface area contributed by atoms with Gasteiger partial charge in [-0.15, -0.1) is 0 Å². The van der Waals surface area contributed by atoms with Crippen molar-refractivity contribution in [3.05, 3.63) is 111 Å². The van der Waals surface area contributed by atoms with Crippen LogP contribution in [0.5, 0.6) is 11.5 Å². The molecule has 1 N–H and O–H groups in total. The number of para-hydroxylation sites is 1. The Morgan fingerprint density at radius 2 is 1.74 bits per heavy atom. The van der Waals surface area contributed by atoms with Gasteiger partial charge in [0, 0.05) is 26.9 Å². The Morgan fingerprint density at radius 1 is 1.00 bits per heavy atom. The largest absolute Gasteiger partial charge is 0.493 e. The molecule has 1 amide bonds. The molecule has 0 spiro atoms. The predicted octanol–water partition coefficient (Wildman–Crippen LogP) is 6.35. The van der Waals surface area contributed by atoms with E-state index in [-0.39, 0.29) is 5.91 Å². The first-order chi connectivity index (χ1) is 16.5. The summed E-state index contributed by atoms with van der Waals surface area (Å²) in [4.78, 5) is 12.8. The molecule has 8 heteroatoms. The number of nitrogens with zero attached hydrogens (tertiary/aromatic N) is 2. The maximum atomic E-state index is 12.8. The zero-order valence-corrected chi connectivity index (χ0v) is 21.4. The Balaban J connectivity index is 1.46. The van der Waals surface area contributed by atoms with E-state index in [2.05, 4.69) is 42.4 Å². The zero-order valence-electron chi connectivity index (χ0n) is 18.2. The minimum absolute atomic E-state index is 0.307. The van der Waals surface area contributed by atoms with Crippen molar-refractivity contribution in [1.82, 2.24) is 9.99 Å². The highest BCUT2D eigenvalue weighted by molar-refractivity contribution is 9.10. The maximum Gasteiger partial charge on any atom is 0.273 e. The number of hydrogen-bond donors (Lipinski definition) is 1. The molecule has 1 heterocycles. The minimum Gasteiger partial charge on any atom is -0.493 e. The Labute approximate surface area is 214 Å². The molecule has 6 nitrogen and oxygen atoms in total. The van der Waals surface area contributed by atoms with E-state index in [1.165, 1.54) is 0 Å². The molecule has 0 bridgehead atoms. The van der Waals surface area contributed by atoms with Gasteiger partial charge in [-0.25, -0.2) is 5.43 Å². The fourth-order valence-electron chi connectivity index (χ4n) is 3.27. The average Bonchev–Trinajstić information content (AvgIpc) is 3.39. The van der Waals surface area contributed by atoms with Crippen molar-refractivity contribution < 1.29 is 14.3 Å². The molecule has 0 aliphatic heterocycles. The fraction of sp³-hybridized carbons (Fsp3) is 0.0769. The summed E-state index contributed by atoms with van der Waals surface area (Å²) in [7, 11) is 1.58. The van der Waals surface area contributed by atoms with E-state index in [9.17, 15) is 4.79 Å². The van der Waals surface area contributed by atoms with E-state index >= 15 is 0 Å². The van der Waals surface area contributed by atoms with Gasteiger partial charge in [0.15, 0.2) is 11.5 Å². The third kappa shape index (κ3) is 5.76. The van der Waals surface area contributed by atoms with Crippen molar-refractivity contribution in [3.63, 3.8) is 0 Å².